The second kappa shape index (κ2) is 3.00. The average molecular weight is 275 g/mol. The average Bonchev–Trinajstić information content (AvgIpc) is 2.54. The zero-order valence-electron chi connectivity index (χ0n) is 7.43. The summed E-state index contributed by atoms with van der Waals surface area (Å²) in [6, 6.07) is 2.59. The van der Waals surface area contributed by atoms with E-state index in [4.69, 9.17) is 11.6 Å². The third-order valence-electron chi connectivity index (χ3n) is 2.78. The quantitative estimate of drug-likeness (QED) is 0.737. The predicted octanol–water partition coefficient (Wildman–Crippen LogP) is 2.50. The van der Waals surface area contributed by atoms with Gasteiger partial charge in [-0.2, -0.15) is 0 Å². The molecule has 2 bridgehead atoms. The summed E-state index contributed by atoms with van der Waals surface area (Å²) in [6.45, 7) is 2.20. The Morgan fingerprint density at radius 2 is 2.50 bits per heavy atom. The van der Waals surface area contributed by atoms with Gasteiger partial charge >= 0.3 is 0 Å². The van der Waals surface area contributed by atoms with Crippen molar-refractivity contribution in [2.24, 2.45) is 0 Å². The molecule has 1 atom stereocenters. The Morgan fingerprint density at radius 3 is 3.36 bits per heavy atom. The van der Waals surface area contributed by atoms with Crippen LogP contribution in [0.2, 0.25) is 5.15 Å². The van der Waals surface area contributed by atoms with Gasteiger partial charge in [-0.05, 0) is 28.4 Å². The number of hydrogen-bond donors (Lipinski definition) is 1. The maximum atomic E-state index is 5.94. The van der Waals surface area contributed by atoms with Gasteiger partial charge in [0.05, 0.1) is 10.2 Å². The number of pyridine rings is 1. The largest absolute Gasteiger partial charge is 0.366 e. The Hall–Kier alpha value is -0.480. The minimum absolute atomic E-state index is 0.527. The second-order valence-electron chi connectivity index (χ2n) is 3.70. The standard InChI is InChI=1S/C9H9BrClN3/c10-6-3-7-9(13-8(6)11)12-5-1-2-14(7)4-5/h3,5H,1-2,4H2,(H,12,13). The molecule has 1 aromatic heterocycles. The summed E-state index contributed by atoms with van der Waals surface area (Å²) in [5, 5.41) is 3.92. The van der Waals surface area contributed by atoms with Gasteiger partial charge in [-0.15, -0.1) is 0 Å². The van der Waals surface area contributed by atoms with Gasteiger partial charge in [-0.1, -0.05) is 11.6 Å². The van der Waals surface area contributed by atoms with Crippen molar-refractivity contribution in [3.8, 4) is 0 Å². The van der Waals surface area contributed by atoms with Crippen LogP contribution in [0.15, 0.2) is 10.5 Å². The Morgan fingerprint density at radius 1 is 1.64 bits per heavy atom. The van der Waals surface area contributed by atoms with E-state index in [0.717, 1.165) is 29.1 Å². The van der Waals surface area contributed by atoms with E-state index in [9.17, 15) is 0 Å². The van der Waals surface area contributed by atoms with Crippen LogP contribution in [-0.4, -0.2) is 24.1 Å². The minimum atomic E-state index is 0.527. The SMILES string of the molecule is Clc1nc2c(cc1Br)N1CCC(C1)N2. The highest BCUT2D eigenvalue weighted by Gasteiger charge is 2.31. The van der Waals surface area contributed by atoms with E-state index in [0.29, 0.717) is 11.2 Å². The van der Waals surface area contributed by atoms with Crippen molar-refractivity contribution < 1.29 is 0 Å². The summed E-state index contributed by atoms with van der Waals surface area (Å²) in [5.41, 5.74) is 1.16. The van der Waals surface area contributed by atoms with Gasteiger partial charge in [0.2, 0.25) is 0 Å². The number of halogens is 2. The number of aromatic nitrogens is 1. The van der Waals surface area contributed by atoms with Crippen LogP contribution in [0.25, 0.3) is 0 Å². The molecule has 1 aromatic rings. The van der Waals surface area contributed by atoms with E-state index in [1.54, 1.807) is 0 Å². The summed E-state index contributed by atoms with van der Waals surface area (Å²) in [7, 11) is 0. The first-order chi connectivity index (χ1) is 6.74. The highest BCUT2D eigenvalue weighted by atomic mass is 79.9. The lowest BCUT2D eigenvalue weighted by Gasteiger charge is -2.27. The maximum absolute atomic E-state index is 5.94. The van der Waals surface area contributed by atoms with Crippen molar-refractivity contribution in [2.75, 3.05) is 23.3 Å². The molecule has 3 heterocycles. The van der Waals surface area contributed by atoms with E-state index in [-0.39, 0.29) is 0 Å². The van der Waals surface area contributed by atoms with Gasteiger partial charge in [0.15, 0.2) is 5.82 Å². The molecule has 14 heavy (non-hydrogen) atoms. The maximum Gasteiger partial charge on any atom is 0.151 e. The van der Waals surface area contributed by atoms with Crippen molar-refractivity contribution in [3.05, 3.63) is 15.7 Å². The lowest BCUT2D eigenvalue weighted by molar-refractivity contribution is 0.788. The number of hydrogen-bond acceptors (Lipinski definition) is 3. The van der Waals surface area contributed by atoms with Crippen LogP contribution in [0.4, 0.5) is 11.5 Å². The lowest BCUT2D eigenvalue weighted by atomic mass is 10.2. The first-order valence-corrected chi connectivity index (χ1v) is 5.78. The first-order valence-electron chi connectivity index (χ1n) is 4.61. The predicted molar refractivity (Wildman–Crippen MR) is 61.2 cm³/mol. The van der Waals surface area contributed by atoms with E-state index in [2.05, 4.69) is 31.1 Å². The van der Waals surface area contributed by atoms with Crippen molar-refractivity contribution >= 4 is 39.0 Å². The molecule has 0 radical (unpaired) electrons. The molecule has 5 heteroatoms. The van der Waals surface area contributed by atoms with E-state index in [1.165, 1.54) is 6.42 Å². The van der Waals surface area contributed by atoms with Crippen molar-refractivity contribution in [1.29, 1.82) is 0 Å². The fraction of sp³-hybridized carbons (Fsp3) is 0.444. The monoisotopic (exact) mass is 273 g/mol. The first kappa shape index (κ1) is 8.80. The summed E-state index contributed by atoms with van der Waals surface area (Å²) in [4.78, 5) is 6.67. The zero-order chi connectivity index (χ0) is 9.71. The molecule has 0 aliphatic carbocycles. The molecule has 74 valence electrons. The molecular formula is C9H9BrClN3. The molecule has 0 amide bonds. The molecule has 2 aliphatic heterocycles. The summed E-state index contributed by atoms with van der Waals surface area (Å²) >= 11 is 9.34. The highest BCUT2D eigenvalue weighted by Crippen LogP contribution is 2.37. The minimum Gasteiger partial charge on any atom is -0.366 e. The molecule has 0 aromatic carbocycles. The van der Waals surface area contributed by atoms with Crippen LogP contribution < -0.4 is 10.2 Å². The summed E-state index contributed by atoms with van der Waals surface area (Å²) < 4.78 is 0.866. The molecule has 2 aliphatic rings. The zero-order valence-corrected chi connectivity index (χ0v) is 9.77. The van der Waals surface area contributed by atoms with Crippen LogP contribution in [-0.2, 0) is 0 Å². The molecule has 1 fully saturated rings. The van der Waals surface area contributed by atoms with Crippen molar-refractivity contribution in [3.63, 3.8) is 0 Å². The van der Waals surface area contributed by atoms with Gasteiger partial charge < -0.3 is 10.2 Å². The molecule has 0 saturated carbocycles. The van der Waals surface area contributed by atoms with E-state index >= 15 is 0 Å². The van der Waals surface area contributed by atoms with Gasteiger partial charge in [0.1, 0.15) is 5.15 Å². The van der Waals surface area contributed by atoms with Crippen LogP contribution in [0.5, 0.6) is 0 Å². The number of nitrogens with one attached hydrogen (secondary N) is 1. The Bertz CT molecular complexity index is 396. The lowest BCUT2D eigenvalue weighted by Crippen LogP contribution is -2.32. The third kappa shape index (κ3) is 1.21. The highest BCUT2D eigenvalue weighted by molar-refractivity contribution is 9.10. The van der Waals surface area contributed by atoms with Gasteiger partial charge in [-0.3, -0.25) is 0 Å². The van der Waals surface area contributed by atoms with Gasteiger partial charge in [0, 0.05) is 19.1 Å². The molecule has 0 spiro atoms. The molecule has 3 nitrogen and oxygen atoms in total. The van der Waals surface area contributed by atoms with Crippen LogP contribution in [0, 0.1) is 0 Å². The van der Waals surface area contributed by atoms with Gasteiger partial charge in [0.25, 0.3) is 0 Å². The second-order valence-corrected chi connectivity index (χ2v) is 4.92. The fourth-order valence-electron chi connectivity index (χ4n) is 2.09. The normalized spacial score (nSPS) is 23.3. The van der Waals surface area contributed by atoms with Crippen LogP contribution >= 0.6 is 27.5 Å². The number of fused-ring (bicyclic) bond motifs is 4. The third-order valence-corrected chi connectivity index (χ3v) is 3.90. The van der Waals surface area contributed by atoms with Crippen LogP contribution in [0.3, 0.4) is 0 Å². The summed E-state index contributed by atoms with van der Waals surface area (Å²) in [6.07, 6.45) is 1.19. The molecule has 3 rings (SSSR count). The topological polar surface area (TPSA) is 28.2 Å². The fourth-order valence-corrected chi connectivity index (χ4v) is 2.54. The van der Waals surface area contributed by atoms with Gasteiger partial charge in [-0.25, -0.2) is 4.98 Å². The number of nitrogens with zero attached hydrogens (tertiary/aromatic N) is 2. The molecule has 1 unspecified atom stereocenters. The number of rotatable bonds is 0. The molecular weight excluding hydrogens is 265 g/mol. The van der Waals surface area contributed by atoms with Crippen molar-refractivity contribution in [2.45, 2.75) is 12.5 Å². The number of anilines is 2. The summed E-state index contributed by atoms with van der Waals surface area (Å²) in [5.74, 6) is 0.923. The smallest absolute Gasteiger partial charge is 0.151 e. The molecule has 1 saturated heterocycles. The van der Waals surface area contributed by atoms with E-state index in [1.807, 2.05) is 6.07 Å². The Labute approximate surface area is 95.6 Å². The van der Waals surface area contributed by atoms with Crippen molar-refractivity contribution in [1.82, 2.24) is 4.98 Å². The van der Waals surface area contributed by atoms with Crippen LogP contribution in [0.1, 0.15) is 6.42 Å². The van der Waals surface area contributed by atoms with E-state index < -0.39 is 0 Å². The molecule has 1 N–H and O–H groups in total. The Kier molecular flexibility index (Phi) is 1.89. The Balaban J connectivity index is 2.14.